The van der Waals surface area contributed by atoms with Crippen LogP contribution in [0.5, 0.6) is 0 Å². The first-order valence-electron chi connectivity index (χ1n) is 5.91. The normalized spacial score (nSPS) is 32.2. The van der Waals surface area contributed by atoms with E-state index in [1.54, 1.807) is 0 Å². The molecule has 1 fully saturated rings. The fraction of sp³-hybridized carbons (Fsp3) is 0.455. The van der Waals surface area contributed by atoms with Crippen LogP contribution < -0.4 is 16.1 Å². The van der Waals surface area contributed by atoms with E-state index in [0.717, 1.165) is 11.4 Å². The zero-order valence-corrected chi connectivity index (χ0v) is 11.5. The maximum atomic E-state index is 11.5. The largest absolute Gasteiger partial charge is 0.344 e. The van der Waals surface area contributed by atoms with Gasteiger partial charge in [0.05, 0.1) is 28.3 Å². The summed E-state index contributed by atoms with van der Waals surface area (Å²) in [4.78, 5) is 5.36. The third kappa shape index (κ3) is 2.79. The summed E-state index contributed by atoms with van der Waals surface area (Å²) in [7, 11) is -3.05. The van der Waals surface area contributed by atoms with Crippen LogP contribution in [0.2, 0.25) is 0 Å². The van der Waals surface area contributed by atoms with Crippen LogP contribution in [0.4, 0.5) is 11.4 Å². The Balaban J connectivity index is 1.67. The van der Waals surface area contributed by atoms with Crippen molar-refractivity contribution in [3.8, 4) is 0 Å². The Bertz CT molecular complexity index is 580. The number of sulfone groups is 1. The maximum absolute atomic E-state index is 11.5. The Morgan fingerprint density at radius 2 is 2.00 bits per heavy atom. The van der Waals surface area contributed by atoms with Gasteiger partial charge < -0.3 is 5.32 Å². The molecule has 3 atom stereocenters. The van der Waals surface area contributed by atoms with Gasteiger partial charge >= 0.3 is 0 Å². The summed E-state index contributed by atoms with van der Waals surface area (Å²) >= 11 is 6.04. The molecule has 0 saturated carbocycles. The van der Waals surface area contributed by atoms with Crippen LogP contribution >= 0.6 is 11.6 Å². The van der Waals surface area contributed by atoms with Crippen LogP contribution in [0.15, 0.2) is 24.3 Å². The summed E-state index contributed by atoms with van der Waals surface area (Å²) in [5.74, 6) is 0.0350. The first-order chi connectivity index (χ1) is 9.03. The minimum Gasteiger partial charge on any atom is -0.344 e. The molecule has 0 aromatic heterocycles. The summed E-state index contributed by atoms with van der Waals surface area (Å²) in [6.07, 6.45) is -0.519. The molecule has 3 rings (SSSR count). The number of fused-ring (bicyclic) bond motifs is 1. The van der Waals surface area contributed by atoms with Crippen molar-refractivity contribution in [3.05, 3.63) is 24.3 Å². The lowest BCUT2D eigenvalue weighted by molar-refractivity contribution is 0.0802. The average Bonchev–Trinajstić information content (AvgIpc) is 2.62. The van der Waals surface area contributed by atoms with Crippen molar-refractivity contribution in [2.24, 2.45) is 0 Å². The van der Waals surface area contributed by atoms with Crippen molar-refractivity contribution >= 4 is 32.8 Å². The molecular formula is C11H14ClN3O3S. The minimum atomic E-state index is -3.05. The summed E-state index contributed by atoms with van der Waals surface area (Å²) in [5, 5.41) is 5.74. The highest BCUT2D eigenvalue weighted by atomic mass is 35.5. The van der Waals surface area contributed by atoms with E-state index in [1.807, 2.05) is 24.3 Å². The molecule has 0 amide bonds. The van der Waals surface area contributed by atoms with Crippen molar-refractivity contribution in [3.63, 3.8) is 0 Å². The summed E-state index contributed by atoms with van der Waals surface area (Å²) in [6, 6.07) is 7.26. The molecule has 19 heavy (non-hydrogen) atoms. The average molecular weight is 304 g/mol. The molecule has 0 bridgehead atoms. The second-order valence-electron chi connectivity index (χ2n) is 4.66. The van der Waals surface area contributed by atoms with Crippen molar-refractivity contribution < 1.29 is 13.3 Å². The van der Waals surface area contributed by atoms with E-state index in [-0.39, 0.29) is 17.5 Å². The lowest BCUT2D eigenvalue weighted by atomic mass is 10.2. The van der Waals surface area contributed by atoms with E-state index in [2.05, 4.69) is 16.1 Å². The standard InChI is InChI=1S/C11H14ClN3O3S/c12-7-5-19(16,17)6-10(7)14-11-13-8-3-1-2-4-9(8)15-18-11/h1-4,7,10-11,13-15H,5-6H2/t7-,10+,11+/m0/s1. The minimum absolute atomic E-state index is 0.00293. The Morgan fingerprint density at radius 3 is 2.68 bits per heavy atom. The number of nitrogens with one attached hydrogen (secondary N) is 3. The first kappa shape index (κ1) is 13.0. The van der Waals surface area contributed by atoms with Crippen molar-refractivity contribution in [2.75, 3.05) is 22.3 Å². The number of alkyl halides is 1. The van der Waals surface area contributed by atoms with E-state index in [0.29, 0.717) is 0 Å². The number of hydrogen-bond acceptors (Lipinski definition) is 6. The quantitative estimate of drug-likeness (QED) is 0.699. The molecule has 2 aliphatic heterocycles. The molecule has 8 heteroatoms. The number of hydrogen-bond donors (Lipinski definition) is 3. The molecule has 3 N–H and O–H groups in total. The molecule has 1 aromatic carbocycles. The second kappa shape index (κ2) is 4.82. The third-order valence-electron chi connectivity index (χ3n) is 3.15. The molecule has 0 aliphatic carbocycles. The van der Waals surface area contributed by atoms with Gasteiger partial charge in [0, 0.05) is 6.04 Å². The van der Waals surface area contributed by atoms with E-state index >= 15 is 0 Å². The summed E-state index contributed by atoms with van der Waals surface area (Å²) in [5.41, 5.74) is 4.53. The number of para-hydroxylation sites is 2. The SMILES string of the molecule is O=S1(=O)C[C@H](Cl)[C@H](N[C@H]2Nc3ccccc3NO2)C1. The van der Waals surface area contributed by atoms with Gasteiger partial charge in [-0.3, -0.25) is 10.8 Å². The van der Waals surface area contributed by atoms with E-state index in [1.165, 1.54) is 0 Å². The summed E-state index contributed by atoms with van der Waals surface area (Å²) in [6.45, 7) is 0. The first-order valence-corrected chi connectivity index (χ1v) is 8.17. The molecule has 2 heterocycles. The van der Waals surface area contributed by atoms with Crippen LogP contribution in [0.25, 0.3) is 0 Å². The van der Waals surface area contributed by atoms with E-state index in [9.17, 15) is 8.42 Å². The van der Waals surface area contributed by atoms with Crippen LogP contribution in [0, 0.1) is 0 Å². The predicted octanol–water partition coefficient (Wildman–Crippen LogP) is 0.733. The fourth-order valence-corrected chi connectivity index (χ4v) is 4.79. The number of rotatable bonds is 2. The molecule has 1 aromatic rings. The van der Waals surface area contributed by atoms with Gasteiger partial charge in [-0.2, -0.15) is 0 Å². The van der Waals surface area contributed by atoms with Crippen LogP contribution in [-0.4, -0.2) is 37.7 Å². The smallest absolute Gasteiger partial charge is 0.209 e. The molecule has 104 valence electrons. The fourth-order valence-electron chi connectivity index (χ4n) is 2.22. The monoisotopic (exact) mass is 303 g/mol. The number of benzene rings is 1. The van der Waals surface area contributed by atoms with Gasteiger partial charge in [0.1, 0.15) is 0 Å². The highest BCUT2D eigenvalue weighted by Crippen LogP contribution is 2.26. The predicted molar refractivity (Wildman–Crippen MR) is 73.8 cm³/mol. The molecule has 0 unspecified atom stereocenters. The van der Waals surface area contributed by atoms with E-state index < -0.39 is 21.6 Å². The number of anilines is 2. The lowest BCUT2D eigenvalue weighted by Crippen LogP contribution is -2.50. The Morgan fingerprint density at radius 1 is 1.26 bits per heavy atom. The van der Waals surface area contributed by atoms with Gasteiger partial charge in [0.25, 0.3) is 0 Å². The molecule has 0 spiro atoms. The van der Waals surface area contributed by atoms with Gasteiger partial charge in [-0.05, 0) is 12.1 Å². The van der Waals surface area contributed by atoms with Crippen molar-refractivity contribution in [1.82, 2.24) is 5.32 Å². The van der Waals surface area contributed by atoms with Crippen LogP contribution in [-0.2, 0) is 14.7 Å². The van der Waals surface area contributed by atoms with Crippen LogP contribution in [0.1, 0.15) is 0 Å². The topological polar surface area (TPSA) is 79.5 Å². The summed E-state index contributed by atoms with van der Waals surface area (Å²) < 4.78 is 23.0. The van der Waals surface area contributed by atoms with Gasteiger partial charge in [-0.1, -0.05) is 12.1 Å². The van der Waals surface area contributed by atoms with Crippen LogP contribution in [0.3, 0.4) is 0 Å². The van der Waals surface area contributed by atoms with Gasteiger partial charge in [0.15, 0.2) is 9.84 Å². The zero-order valence-electron chi connectivity index (χ0n) is 9.97. The maximum Gasteiger partial charge on any atom is 0.209 e. The lowest BCUT2D eigenvalue weighted by Gasteiger charge is -2.30. The second-order valence-corrected chi connectivity index (χ2v) is 7.37. The Kier molecular flexibility index (Phi) is 3.30. The van der Waals surface area contributed by atoms with Crippen molar-refractivity contribution in [1.29, 1.82) is 0 Å². The molecular weight excluding hydrogens is 290 g/mol. The van der Waals surface area contributed by atoms with Gasteiger partial charge in [-0.25, -0.2) is 13.3 Å². The van der Waals surface area contributed by atoms with Gasteiger partial charge in [-0.15, -0.1) is 11.6 Å². The highest BCUT2D eigenvalue weighted by molar-refractivity contribution is 7.91. The van der Waals surface area contributed by atoms with Gasteiger partial charge in [0.2, 0.25) is 6.35 Å². The molecule has 2 aliphatic rings. The molecule has 1 saturated heterocycles. The molecule has 6 nitrogen and oxygen atoms in total. The number of halogens is 1. The van der Waals surface area contributed by atoms with Crippen molar-refractivity contribution in [2.45, 2.75) is 17.8 Å². The third-order valence-corrected chi connectivity index (χ3v) is 5.52. The molecule has 0 radical (unpaired) electrons. The Hall–Kier alpha value is -1.02. The zero-order chi connectivity index (χ0) is 13.5. The highest BCUT2D eigenvalue weighted by Gasteiger charge is 2.38. The van der Waals surface area contributed by atoms with E-state index in [4.69, 9.17) is 16.4 Å². The Labute approximate surface area is 116 Å².